The number of benzene rings is 1. The minimum absolute atomic E-state index is 0.208. The van der Waals surface area contributed by atoms with Crippen LogP contribution in [0.15, 0.2) is 45.6 Å². The molecule has 0 spiro atoms. The summed E-state index contributed by atoms with van der Waals surface area (Å²) in [4.78, 5) is 14.3. The van der Waals surface area contributed by atoms with Gasteiger partial charge in [-0.15, -0.1) is 11.3 Å². The van der Waals surface area contributed by atoms with Crippen LogP contribution in [0.1, 0.15) is 24.1 Å². The second kappa shape index (κ2) is 7.73. The summed E-state index contributed by atoms with van der Waals surface area (Å²) in [6.07, 6.45) is 0. The molecular weight excluding hydrogens is 350 g/mol. The van der Waals surface area contributed by atoms with Gasteiger partial charge in [0.1, 0.15) is 6.04 Å². The first-order valence-electron chi connectivity index (χ1n) is 6.76. The molecule has 0 aliphatic carbocycles. The number of ether oxygens (including phenoxy) is 1. The van der Waals surface area contributed by atoms with Gasteiger partial charge in [0, 0.05) is 6.54 Å². The molecule has 1 unspecified atom stereocenters. The second-order valence-corrected chi connectivity index (χ2v) is 7.03. The lowest BCUT2D eigenvalue weighted by Crippen LogP contribution is -2.31. The van der Waals surface area contributed by atoms with Gasteiger partial charge in [-0.3, -0.25) is 4.90 Å². The molecule has 0 fully saturated rings. The Morgan fingerprint density at radius 2 is 2.10 bits per heavy atom. The van der Waals surface area contributed by atoms with Crippen molar-refractivity contribution >= 4 is 33.2 Å². The van der Waals surface area contributed by atoms with E-state index in [0.29, 0.717) is 13.2 Å². The number of rotatable bonds is 6. The third kappa shape index (κ3) is 4.40. The first kappa shape index (κ1) is 16.2. The van der Waals surface area contributed by atoms with Crippen molar-refractivity contribution in [2.45, 2.75) is 19.5 Å². The zero-order valence-electron chi connectivity index (χ0n) is 12.1. The van der Waals surface area contributed by atoms with Gasteiger partial charge < -0.3 is 4.74 Å². The molecule has 0 aliphatic heterocycles. The van der Waals surface area contributed by atoms with Crippen LogP contribution >= 0.6 is 27.3 Å². The lowest BCUT2D eigenvalue weighted by Gasteiger charge is -2.26. The Hall–Kier alpha value is -1.17. The molecule has 0 bridgehead atoms. The number of esters is 1. The third-order valence-electron chi connectivity index (χ3n) is 3.12. The van der Waals surface area contributed by atoms with Crippen LogP contribution in [0.25, 0.3) is 0 Å². The molecule has 0 N–H and O–H groups in total. The fraction of sp³-hybridized carbons (Fsp3) is 0.312. The van der Waals surface area contributed by atoms with E-state index in [1.54, 1.807) is 11.3 Å². The monoisotopic (exact) mass is 367 g/mol. The average molecular weight is 368 g/mol. The molecule has 0 radical (unpaired) electrons. The zero-order chi connectivity index (χ0) is 15.2. The van der Waals surface area contributed by atoms with Crippen molar-refractivity contribution < 1.29 is 9.53 Å². The largest absolute Gasteiger partial charge is 0.465 e. The third-order valence-corrected chi connectivity index (χ3v) is 4.67. The van der Waals surface area contributed by atoms with Gasteiger partial charge in [-0.2, -0.15) is 0 Å². The molecule has 21 heavy (non-hydrogen) atoms. The quantitative estimate of drug-likeness (QED) is 0.714. The second-order valence-electron chi connectivity index (χ2n) is 4.74. The predicted molar refractivity (Wildman–Crippen MR) is 89.3 cm³/mol. The SMILES string of the molecule is CCOC(=O)C(c1ccccc1)N(C)Cc1csc(Br)c1. The summed E-state index contributed by atoms with van der Waals surface area (Å²) in [5.74, 6) is -0.208. The summed E-state index contributed by atoms with van der Waals surface area (Å²) < 4.78 is 6.33. The molecule has 0 amide bonds. The summed E-state index contributed by atoms with van der Waals surface area (Å²) in [5, 5.41) is 2.09. The number of hydrogen-bond donors (Lipinski definition) is 0. The fourth-order valence-corrected chi connectivity index (χ4v) is 3.44. The van der Waals surface area contributed by atoms with Gasteiger partial charge >= 0.3 is 5.97 Å². The van der Waals surface area contributed by atoms with Crippen LogP contribution in [0, 0.1) is 0 Å². The molecule has 112 valence electrons. The Balaban J connectivity index is 2.20. The highest BCUT2D eigenvalue weighted by Gasteiger charge is 2.26. The first-order valence-corrected chi connectivity index (χ1v) is 8.43. The zero-order valence-corrected chi connectivity index (χ0v) is 14.5. The number of likely N-dealkylation sites (N-methyl/N-ethyl adjacent to an activating group) is 1. The van der Waals surface area contributed by atoms with Crippen molar-refractivity contribution in [3.63, 3.8) is 0 Å². The van der Waals surface area contributed by atoms with Crippen LogP contribution in [-0.4, -0.2) is 24.5 Å². The maximum absolute atomic E-state index is 12.3. The molecule has 2 aromatic rings. The summed E-state index contributed by atoms with van der Waals surface area (Å²) in [6.45, 7) is 2.91. The summed E-state index contributed by atoms with van der Waals surface area (Å²) in [7, 11) is 1.94. The van der Waals surface area contributed by atoms with Gasteiger partial charge in [0.2, 0.25) is 0 Å². The number of carbonyl (C=O) groups is 1. The highest BCUT2D eigenvalue weighted by molar-refractivity contribution is 9.11. The molecule has 1 aromatic heterocycles. The average Bonchev–Trinajstić information content (AvgIpc) is 2.86. The van der Waals surface area contributed by atoms with Gasteiger partial charge in [-0.05, 0) is 52.5 Å². The van der Waals surface area contributed by atoms with E-state index in [2.05, 4.69) is 27.4 Å². The molecule has 0 saturated heterocycles. The standard InChI is InChI=1S/C16H18BrNO2S/c1-3-20-16(19)15(13-7-5-4-6-8-13)18(2)10-12-9-14(17)21-11-12/h4-9,11,15H,3,10H2,1-2H3. The Bertz CT molecular complexity index is 585. The van der Waals surface area contributed by atoms with E-state index in [1.165, 1.54) is 5.56 Å². The van der Waals surface area contributed by atoms with Crippen LogP contribution in [0.2, 0.25) is 0 Å². The van der Waals surface area contributed by atoms with Crippen molar-refractivity contribution in [3.05, 3.63) is 56.7 Å². The first-order chi connectivity index (χ1) is 10.1. The van der Waals surface area contributed by atoms with E-state index >= 15 is 0 Å². The summed E-state index contributed by atoms with van der Waals surface area (Å²) >= 11 is 5.11. The molecule has 1 atom stereocenters. The number of halogens is 1. The van der Waals surface area contributed by atoms with E-state index in [1.807, 2.05) is 49.2 Å². The molecule has 0 aliphatic rings. The minimum atomic E-state index is -0.384. The lowest BCUT2D eigenvalue weighted by atomic mass is 10.1. The molecule has 5 heteroatoms. The Labute approximate surface area is 137 Å². The van der Waals surface area contributed by atoms with Crippen LogP contribution in [0.4, 0.5) is 0 Å². The number of hydrogen-bond acceptors (Lipinski definition) is 4. The van der Waals surface area contributed by atoms with Crippen LogP contribution in [0.5, 0.6) is 0 Å². The number of carbonyl (C=O) groups excluding carboxylic acids is 1. The smallest absolute Gasteiger partial charge is 0.327 e. The molecule has 1 aromatic carbocycles. The van der Waals surface area contributed by atoms with Crippen molar-refractivity contribution in [3.8, 4) is 0 Å². The van der Waals surface area contributed by atoms with Crippen LogP contribution in [0.3, 0.4) is 0 Å². The topological polar surface area (TPSA) is 29.5 Å². The minimum Gasteiger partial charge on any atom is -0.465 e. The molecular formula is C16H18BrNO2S. The highest BCUT2D eigenvalue weighted by atomic mass is 79.9. The van der Waals surface area contributed by atoms with Crippen molar-refractivity contribution in [2.75, 3.05) is 13.7 Å². The molecule has 2 rings (SSSR count). The van der Waals surface area contributed by atoms with Crippen molar-refractivity contribution in [2.24, 2.45) is 0 Å². The van der Waals surface area contributed by atoms with Gasteiger partial charge in [0.15, 0.2) is 0 Å². The predicted octanol–water partition coefficient (Wildman–Crippen LogP) is 4.25. The van der Waals surface area contributed by atoms with E-state index < -0.39 is 0 Å². The maximum atomic E-state index is 12.3. The number of thiophene rings is 1. The fourth-order valence-electron chi connectivity index (χ4n) is 2.23. The molecule has 3 nitrogen and oxygen atoms in total. The van der Waals surface area contributed by atoms with Gasteiger partial charge in [0.25, 0.3) is 0 Å². The molecule has 0 saturated carbocycles. The van der Waals surface area contributed by atoms with Crippen LogP contribution in [-0.2, 0) is 16.1 Å². The van der Waals surface area contributed by atoms with E-state index in [0.717, 1.165) is 9.35 Å². The van der Waals surface area contributed by atoms with Gasteiger partial charge in [-0.25, -0.2) is 4.79 Å². The van der Waals surface area contributed by atoms with Gasteiger partial charge in [0.05, 0.1) is 10.4 Å². The van der Waals surface area contributed by atoms with E-state index in [-0.39, 0.29) is 12.0 Å². The normalized spacial score (nSPS) is 12.4. The summed E-state index contributed by atoms with van der Waals surface area (Å²) in [6, 6.07) is 11.4. The maximum Gasteiger partial charge on any atom is 0.327 e. The Morgan fingerprint density at radius 1 is 1.38 bits per heavy atom. The summed E-state index contributed by atoms with van der Waals surface area (Å²) in [5.41, 5.74) is 2.13. The molecule has 1 heterocycles. The Kier molecular flexibility index (Phi) is 5.96. The van der Waals surface area contributed by atoms with Crippen LogP contribution < -0.4 is 0 Å². The van der Waals surface area contributed by atoms with E-state index in [9.17, 15) is 4.79 Å². The van der Waals surface area contributed by atoms with Crippen molar-refractivity contribution in [1.82, 2.24) is 4.90 Å². The Morgan fingerprint density at radius 3 is 2.67 bits per heavy atom. The van der Waals surface area contributed by atoms with E-state index in [4.69, 9.17) is 4.74 Å². The van der Waals surface area contributed by atoms with Crippen molar-refractivity contribution in [1.29, 1.82) is 0 Å². The highest BCUT2D eigenvalue weighted by Crippen LogP contribution is 2.26. The van der Waals surface area contributed by atoms with Gasteiger partial charge in [-0.1, -0.05) is 30.3 Å². The lowest BCUT2D eigenvalue weighted by molar-refractivity contribution is -0.149. The number of nitrogens with zero attached hydrogens (tertiary/aromatic N) is 1.